The molecule has 17 heavy (non-hydrogen) atoms. The SMILES string of the molecule is OC1Oc2ccccc2C1=Cc1ccccc1. The van der Waals surface area contributed by atoms with Gasteiger partial charge in [0.2, 0.25) is 6.29 Å². The van der Waals surface area contributed by atoms with E-state index in [4.69, 9.17) is 4.74 Å². The van der Waals surface area contributed by atoms with Crippen LogP contribution in [0, 0.1) is 0 Å². The Kier molecular flexibility index (Phi) is 2.42. The number of benzene rings is 2. The molecule has 2 aromatic carbocycles. The van der Waals surface area contributed by atoms with Crippen LogP contribution in [0.3, 0.4) is 0 Å². The van der Waals surface area contributed by atoms with Crippen molar-refractivity contribution in [3.05, 3.63) is 65.7 Å². The van der Waals surface area contributed by atoms with Crippen LogP contribution in [0.2, 0.25) is 0 Å². The van der Waals surface area contributed by atoms with Gasteiger partial charge in [-0.05, 0) is 17.7 Å². The molecule has 1 unspecified atom stereocenters. The number of fused-ring (bicyclic) bond motifs is 1. The smallest absolute Gasteiger partial charge is 0.225 e. The summed E-state index contributed by atoms with van der Waals surface area (Å²) < 4.78 is 5.38. The average Bonchev–Trinajstić information content (AvgIpc) is 2.68. The molecule has 0 aliphatic carbocycles. The number of rotatable bonds is 1. The zero-order valence-corrected chi connectivity index (χ0v) is 9.21. The summed E-state index contributed by atoms with van der Waals surface area (Å²) in [6.07, 6.45) is 1.09. The lowest BCUT2D eigenvalue weighted by Crippen LogP contribution is -2.09. The number of aliphatic hydroxyl groups is 1. The molecule has 2 aromatic rings. The fourth-order valence-electron chi connectivity index (χ4n) is 2.00. The van der Waals surface area contributed by atoms with Gasteiger partial charge in [0.15, 0.2) is 0 Å². The van der Waals surface area contributed by atoms with Crippen LogP contribution in [0.15, 0.2) is 54.6 Å². The maximum absolute atomic E-state index is 9.88. The van der Waals surface area contributed by atoms with Crippen LogP contribution >= 0.6 is 0 Å². The molecule has 0 bridgehead atoms. The first-order valence-electron chi connectivity index (χ1n) is 5.55. The van der Waals surface area contributed by atoms with Gasteiger partial charge in [0.25, 0.3) is 0 Å². The van der Waals surface area contributed by atoms with Gasteiger partial charge in [-0.2, -0.15) is 0 Å². The third-order valence-corrected chi connectivity index (χ3v) is 2.82. The van der Waals surface area contributed by atoms with Crippen molar-refractivity contribution < 1.29 is 9.84 Å². The van der Waals surface area contributed by atoms with E-state index in [1.54, 1.807) is 0 Å². The maximum atomic E-state index is 9.88. The van der Waals surface area contributed by atoms with E-state index in [1.807, 2.05) is 60.7 Å². The summed E-state index contributed by atoms with van der Waals surface area (Å²) in [5, 5.41) is 9.88. The van der Waals surface area contributed by atoms with E-state index >= 15 is 0 Å². The Hall–Kier alpha value is -2.06. The van der Waals surface area contributed by atoms with Crippen LogP contribution in [-0.4, -0.2) is 11.4 Å². The van der Waals surface area contributed by atoms with E-state index in [0.29, 0.717) is 0 Å². The fraction of sp³-hybridized carbons (Fsp3) is 0.0667. The summed E-state index contributed by atoms with van der Waals surface area (Å²) in [5.41, 5.74) is 2.83. The second-order valence-corrected chi connectivity index (χ2v) is 3.98. The van der Waals surface area contributed by atoms with Crippen molar-refractivity contribution in [1.82, 2.24) is 0 Å². The van der Waals surface area contributed by atoms with E-state index in [2.05, 4.69) is 0 Å². The Morgan fingerprint density at radius 2 is 1.65 bits per heavy atom. The Labute approximate surface area is 99.8 Å². The molecule has 0 amide bonds. The summed E-state index contributed by atoms with van der Waals surface area (Å²) in [5.74, 6) is 0.738. The highest BCUT2D eigenvalue weighted by atomic mass is 16.6. The molecule has 2 nitrogen and oxygen atoms in total. The third kappa shape index (κ3) is 1.83. The van der Waals surface area contributed by atoms with Crippen molar-refractivity contribution in [3.8, 4) is 5.75 Å². The molecule has 84 valence electrons. The normalized spacial score (nSPS) is 20.1. The summed E-state index contributed by atoms with van der Waals surface area (Å²) in [4.78, 5) is 0. The molecule has 1 atom stereocenters. The fourth-order valence-corrected chi connectivity index (χ4v) is 2.00. The van der Waals surface area contributed by atoms with E-state index in [9.17, 15) is 5.11 Å². The Morgan fingerprint density at radius 1 is 0.941 bits per heavy atom. The predicted octanol–water partition coefficient (Wildman–Crippen LogP) is 2.94. The second-order valence-electron chi connectivity index (χ2n) is 3.98. The highest BCUT2D eigenvalue weighted by Crippen LogP contribution is 2.37. The molecule has 1 heterocycles. The van der Waals surface area contributed by atoms with Crippen molar-refractivity contribution in [2.24, 2.45) is 0 Å². The van der Waals surface area contributed by atoms with Crippen LogP contribution in [0.1, 0.15) is 11.1 Å². The zero-order valence-electron chi connectivity index (χ0n) is 9.21. The standard InChI is InChI=1S/C15H12O2/c16-15-13(10-11-6-2-1-3-7-11)12-8-4-5-9-14(12)17-15/h1-10,15-16H. The number of para-hydroxylation sites is 1. The molecule has 1 aliphatic rings. The molecule has 1 aliphatic heterocycles. The van der Waals surface area contributed by atoms with Gasteiger partial charge in [0.05, 0.1) is 0 Å². The lowest BCUT2D eigenvalue weighted by atomic mass is 10.0. The highest BCUT2D eigenvalue weighted by Gasteiger charge is 2.25. The molecule has 0 radical (unpaired) electrons. The minimum atomic E-state index is -0.868. The summed E-state index contributed by atoms with van der Waals surface area (Å²) >= 11 is 0. The summed E-state index contributed by atoms with van der Waals surface area (Å²) in [7, 11) is 0. The minimum Gasteiger partial charge on any atom is -0.460 e. The van der Waals surface area contributed by atoms with Gasteiger partial charge in [-0.25, -0.2) is 0 Å². The molecular formula is C15H12O2. The maximum Gasteiger partial charge on any atom is 0.225 e. The van der Waals surface area contributed by atoms with Gasteiger partial charge in [-0.1, -0.05) is 48.5 Å². The van der Waals surface area contributed by atoms with E-state index < -0.39 is 6.29 Å². The number of hydrogen-bond donors (Lipinski definition) is 1. The molecule has 0 aromatic heterocycles. The van der Waals surface area contributed by atoms with Gasteiger partial charge in [0.1, 0.15) is 5.75 Å². The van der Waals surface area contributed by atoms with Gasteiger partial charge in [-0.15, -0.1) is 0 Å². The highest BCUT2D eigenvalue weighted by molar-refractivity contribution is 5.87. The van der Waals surface area contributed by atoms with Crippen molar-refractivity contribution in [2.75, 3.05) is 0 Å². The van der Waals surface area contributed by atoms with Crippen molar-refractivity contribution in [1.29, 1.82) is 0 Å². The average molecular weight is 224 g/mol. The number of aliphatic hydroxyl groups excluding tert-OH is 1. The van der Waals surface area contributed by atoms with Gasteiger partial charge in [-0.3, -0.25) is 0 Å². The Morgan fingerprint density at radius 3 is 2.47 bits per heavy atom. The topological polar surface area (TPSA) is 29.5 Å². The first-order valence-corrected chi connectivity index (χ1v) is 5.55. The largest absolute Gasteiger partial charge is 0.460 e. The minimum absolute atomic E-state index is 0.738. The van der Waals surface area contributed by atoms with Crippen molar-refractivity contribution in [2.45, 2.75) is 6.29 Å². The van der Waals surface area contributed by atoms with Crippen LogP contribution in [0.4, 0.5) is 0 Å². The van der Waals surface area contributed by atoms with E-state index in [0.717, 1.165) is 22.4 Å². The molecule has 0 saturated heterocycles. The quantitative estimate of drug-likeness (QED) is 0.807. The molecular weight excluding hydrogens is 212 g/mol. The molecule has 3 rings (SSSR count). The molecule has 0 spiro atoms. The Balaban J connectivity index is 2.07. The van der Waals surface area contributed by atoms with E-state index in [1.165, 1.54) is 0 Å². The second kappa shape index (κ2) is 4.07. The lowest BCUT2D eigenvalue weighted by Gasteiger charge is -2.04. The van der Waals surface area contributed by atoms with Crippen LogP contribution < -0.4 is 4.74 Å². The molecule has 2 heteroatoms. The van der Waals surface area contributed by atoms with Crippen LogP contribution in [-0.2, 0) is 0 Å². The summed E-state index contributed by atoms with van der Waals surface area (Å²) in [6, 6.07) is 17.6. The molecule has 0 saturated carbocycles. The molecule has 0 fully saturated rings. The zero-order chi connectivity index (χ0) is 11.7. The van der Waals surface area contributed by atoms with Crippen LogP contribution in [0.25, 0.3) is 11.6 Å². The van der Waals surface area contributed by atoms with E-state index in [-0.39, 0.29) is 0 Å². The lowest BCUT2D eigenvalue weighted by molar-refractivity contribution is 0.0448. The first kappa shape index (κ1) is 10.1. The van der Waals surface area contributed by atoms with Gasteiger partial charge in [0, 0.05) is 11.1 Å². The van der Waals surface area contributed by atoms with Gasteiger partial charge < -0.3 is 9.84 Å². The Bertz CT molecular complexity index is 558. The van der Waals surface area contributed by atoms with Crippen molar-refractivity contribution >= 4 is 11.6 Å². The first-order chi connectivity index (χ1) is 8.34. The number of ether oxygens (including phenoxy) is 1. The van der Waals surface area contributed by atoms with Crippen LogP contribution in [0.5, 0.6) is 5.75 Å². The monoisotopic (exact) mass is 224 g/mol. The van der Waals surface area contributed by atoms with Crippen molar-refractivity contribution in [3.63, 3.8) is 0 Å². The number of hydrogen-bond acceptors (Lipinski definition) is 2. The third-order valence-electron chi connectivity index (χ3n) is 2.82. The molecule has 1 N–H and O–H groups in total. The predicted molar refractivity (Wildman–Crippen MR) is 67.4 cm³/mol. The summed E-state index contributed by atoms with van der Waals surface area (Å²) in [6.45, 7) is 0. The van der Waals surface area contributed by atoms with Gasteiger partial charge >= 0.3 is 0 Å².